The predicted octanol–water partition coefficient (Wildman–Crippen LogP) is 0.386. The van der Waals surface area contributed by atoms with Gasteiger partial charge >= 0.3 is 0 Å². The van der Waals surface area contributed by atoms with Gasteiger partial charge in [-0.3, -0.25) is 0 Å². The Morgan fingerprint density at radius 3 is 2.00 bits per heavy atom. The fraction of sp³-hybridized carbons (Fsp3) is 1.00. The number of hydrogen-bond donors (Lipinski definition) is 0. The molecule has 0 amide bonds. The van der Waals surface area contributed by atoms with E-state index in [-0.39, 0.29) is 18.8 Å². The Kier molecular flexibility index (Phi) is 3.81. The van der Waals surface area contributed by atoms with Gasteiger partial charge in [0.05, 0.1) is 0 Å². The zero-order chi connectivity index (χ0) is 4.99. The maximum atomic E-state index is 5.28. The Balaban J connectivity index is 2.63. The van der Waals surface area contributed by atoms with E-state index in [1.165, 1.54) is 0 Å². The van der Waals surface area contributed by atoms with Crippen LogP contribution < -0.4 is 0 Å². The summed E-state index contributed by atoms with van der Waals surface area (Å²) in [5.74, 6) is 0. The first-order chi connectivity index (χ1) is 2.77. The zero-order valence-electron chi connectivity index (χ0n) is 4.62. The van der Waals surface area contributed by atoms with Crippen molar-refractivity contribution in [3.05, 3.63) is 0 Å². The Labute approximate surface area is 43.4 Å². The van der Waals surface area contributed by atoms with Crippen LogP contribution in [-0.2, 0) is 4.12 Å². The number of hydrogen-bond acceptors (Lipinski definition) is 1. The van der Waals surface area contributed by atoms with Gasteiger partial charge in [0.15, 0.2) is 9.04 Å². The molecule has 0 heterocycles. The van der Waals surface area contributed by atoms with E-state index in [0.717, 1.165) is 0 Å². The molecule has 1 nitrogen and oxygen atoms in total. The van der Waals surface area contributed by atoms with Crippen molar-refractivity contribution in [3.8, 4) is 0 Å². The maximum Gasteiger partial charge on any atom is 0.190 e. The molecule has 3 heteroatoms. The van der Waals surface area contributed by atoms with Crippen molar-refractivity contribution in [2.45, 2.75) is 19.6 Å². The molecule has 0 fully saturated rings. The summed E-state index contributed by atoms with van der Waals surface area (Å²) in [5, 5.41) is 0. The van der Waals surface area contributed by atoms with Crippen molar-refractivity contribution in [2.24, 2.45) is 0 Å². The zero-order valence-corrected chi connectivity index (χ0v) is 7.03. The first-order valence-corrected chi connectivity index (χ1v) is 6.60. The third-order valence-electron chi connectivity index (χ3n) is 0.433. The topological polar surface area (TPSA) is 9.23 Å². The molecule has 0 aromatic rings. The van der Waals surface area contributed by atoms with Crippen LogP contribution in [0, 0.1) is 0 Å². The molecule has 6 heavy (non-hydrogen) atoms. The molecule has 0 aromatic heterocycles. The van der Waals surface area contributed by atoms with Crippen LogP contribution >= 0.6 is 0 Å². The molecule has 0 aliphatic carbocycles. The smallest absolute Gasteiger partial charge is 0.190 e. The van der Waals surface area contributed by atoms with Crippen LogP contribution in [0.25, 0.3) is 0 Å². The molecule has 0 aromatic carbocycles. The predicted molar refractivity (Wildman–Crippen MR) is 33.0 cm³/mol. The monoisotopic (exact) mass is 119 g/mol. The van der Waals surface area contributed by atoms with E-state index >= 15 is 0 Å². The lowest BCUT2D eigenvalue weighted by Crippen LogP contribution is -2.08. The summed E-state index contributed by atoms with van der Waals surface area (Å²) in [4.78, 5) is 0. The van der Waals surface area contributed by atoms with Crippen LogP contribution in [0.5, 0.6) is 0 Å². The molecule has 0 atom stereocenters. The van der Waals surface area contributed by atoms with Crippen molar-refractivity contribution < 1.29 is 4.12 Å². The molecule has 1 radical (unpaired) electrons. The Morgan fingerprint density at radius 2 is 2.00 bits per heavy atom. The molecule has 0 saturated carbocycles. The molecule has 37 valence electrons. The summed E-state index contributed by atoms with van der Waals surface area (Å²) in [5.41, 5.74) is 0. The van der Waals surface area contributed by atoms with Crippen LogP contribution in [0.4, 0.5) is 0 Å². The highest BCUT2D eigenvalue weighted by molar-refractivity contribution is 6.55. The van der Waals surface area contributed by atoms with E-state index in [1.54, 1.807) is 0 Å². The third kappa shape index (κ3) is 4.39. The molecule has 0 unspecified atom stereocenters. The molecule has 0 N–H and O–H groups in total. The third-order valence-corrected chi connectivity index (χ3v) is 3.90. The van der Waals surface area contributed by atoms with Crippen LogP contribution in [-0.4, -0.2) is 18.8 Å². The Hall–Kier alpha value is 0.394. The summed E-state index contributed by atoms with van der Waals surface area (Å²) in [6.45, 7) is 6.50. The van der Waals surface area contributed by atoms with Crippen LogP contribution in [0.1, 0.15) is 0 Å². The van der Waals surface area contributed by atoms with Gasteiger partial charge in [0, 0.05) is 0 Å². The first-order valence-electron chi connectivity index (χ1n) is 2.20. The lowest BCUT2D eigenvalue weighted by molar-refractivity contribution is 0.630. The van der Waals surface area contributed by atoms with Crippen molar-refractivity contribution >= 4 is 18.8 Å². The van der Waals surface area contributed by atoms with Gasteiger partial charge in [-0.1, -0.05) is 6.55 Å². The quantitative estimate of drug-likeness (QED) is 0.478. The van der Waals surface area contributed by atoms with Crippen LogP contribution in [0.3, 0.4) is 0 Å². The summed E-state index contributed by atoms with van der Waals surface area (Å²) in [6, 6.07) is 0. The van der Waals surface area contributed by atoms with Crippen LogP contribution in [0.2, 0.25) is 19.6 Å². The van der Waals surface area contributed by atoms with Crippen molar-refractivity contribution in [2.75, 3.05) is 0 Å². The molecule has 0 bridgehead atoms. The lowest BCUT2D eigenvalue weighted by atomic mass is 11.9. The van der Waals surface area contributed by atoms with Gasteiger partial charge in [-0.25, -0.2) is 0 Å². The van der Waals surface area contributed by atoms with Gasteiger partial charge in [0.25, 0.3) is 0 Å². The Bertz CT molecular complexity index is 30.0. The van der Waals surface area contributed by atoms with Crippen molar-refractivity contribution in [1.82, 2.24) is 0 Å². The van der Waals surface area contributed by atoms with Gasteiger partial charge in [-0.2, -0.15) is 0 Å². The highest BCUT2D eigenvalue weighted by atomic mass is 28.3. The molecule has 0 rings (SSSR count). The van der Waals surface area contributed by atoms with Gasteiger partial charge in [-0.15, -0.1) is 0 Å². The first kappa shape index (κ1) is 6.39. The number of rotatable bonds is 2. The van der Waals surface area contributed by atoms with Crippen molar-refractivity contribution in [3.63, 3.8) is 0 Å². The molecule has 0 saturated heterocycles. The second kappa shape index (κ2) is 3.58. The van der Waals surface area contributed by atoms with Gasteiger partial charge in [-0.05, 0) is 13.1 Å². The summed E-state index contributed by atoms with van der Waals surface area (Å²) in [7, 11) is -0.412. The fourth-order valence-electron chi connectivity index (χ4n) is 0.289. The van der Waals surface area contributed by atoms with Gasteiger partial charge in [0.2, 0.25) is 0 Å². The second-order valence-electron chi connectivity index (χ2n) is 1.34. The highest BCUT2D eigenvalue weighted by Crippen LogP contribution is 1.77. The maximum absolute atomic E-state index is 5.28. The minimum atomic E-state index is -0.324. The fourth-order valence-corrected chi connectivity index (χ4v) is 2.60. The van der Waals surface area contributed by atoms with E-state index in [1.807, 2.05) is 0 Å². The molecular weight excluding hydrogens is 108 g/mol. The van der Waals surface area contributed by atoms with E-state index < -0.39 is 0 Å². The second-order valence-corrected chi connectivity index (χ2v) is 4.89. The standard InChI is InChI=1S/C3H11OSi2/c1-5-4-6(2)3/h5H2,1-3H3. The molecule has 0 spiro atoms. The Morgan fingerprint density at radius 1 is 1.50 bits per heavy atom. The molecule has 0 aliphatic rings. The summed E-state index contributed by atoms with van der Waals surface area (Å²) in [6.07, 6.45) is 0. The minimum absolute atomic E-state index is 0.0882. The molecular formula is C3H11OSi2. The van der Waals surface area contributed by atoms with Crippen molar-refractivity contribution in [1.29, 1.82) is 0 Å². The average Bonchev–Trinajstić information content (AvgIpc) is 1.35. The largest absolute Gasteiger partial charge is 0.461 e. The van der Waals surface area contributed by atoms with E-state index in [2.05, 4.69) is 19.6 Å². The minimum Gasteiger partial charge on any atom is -0.461 e. The van der Waals surface area contributed by atoms with E-state index in [9.17, 15) is 0 Å². The highest BCUT2D eigenvalue weighted by Gasteiger charge is 1.88. The summed E-state index contributed by atoms with van der Waals surface area (Å²) >= 11 is 0. The lowest BCUT2D eigenvalue weighted by Gasteiger charge is -1.97. The van der Waals surface area contributed by atoms with E-state index in [4.69, 9.17) is 4.12 Å². The molecule has 0 aliphatic heterocycles. The SMILES string of the molecule is C[SiH2]O[Si](C)C. The van der Waals surface area contributed by atoms with Crippen LogP contribution in [0.15, 0.2) is 0 Å². The normalized spacial score (nSPS) is 12.0. The van der Waals surface area contributed by atoms with Gasteiger partial charge in [0.1, 0.15) is 9.76 Å². The average molecular weight is 119 g/mol. The van der Waals surface area contributed by atoms with Gasteiger partial charge < -0.3 is 4.12 Å². The summed E-state index contributed by atoms with van der Waals surface area (Å²) < 4.78 is 5.28. The van der Waals surface area contributed by atoms with E-state index in [0.29, 0.717) is 0 Å².